The fourth-order valence-electron chi connectivity index (χ4n) is 2.67. The lowest BCUT2D eigenvalue weighted by atomic mass is 10.0. The van der Waals surface area contributed by atoms with E-state index in [-0.39, 0.29) is 30.0 Å². The molecule has 0 radical (unpaired) electrons. The molecule has 2 atom stereocenters. The molecule has 0 bridgehead atoms. The van der Waals surface area contributed by atoms with Crippen LogP contribution >= 0.6 is 23.5 Å². The molecule has 2 aliphatic rings. The third-order valence-electron chi connectivity index (χ3n) is 3.88. The second kappa shape index (κ2) is 7.68. The van der Waals surface area contributed by atoms with Crippen LogP contribution in [0, 0.1) is 0 Å². The Morgan fingerprint density at radius 3 is 3.00 bits per heavy atom. The van der Waals surface area contributed by atoms with Crippen molar-refractivity contribution in [3.63, 3.8) is 0 Å². The highest BCUT2D eigenvalue weighted by atomic mass is 32.2. The summed E-state index contributed by atoms with van der Waals surface area (Å²) in [7, 11) is 0. The number of carbonyl (C=O) groups is 3. The standard InChI is InChI=1S/C14H17N5O5S2/c1-2-24-8(20)3-7-11(17-18-16-7)25-4-6-5-26-13-9(15)12(21)19(13)10(6)14(22)23/h9,13H,2-5,15H2,1H3,(H,22,23)(H,16,17,18)/t9?,13-/m1/s1. The average molecular weight is 399 g/mol. The van der Waals surface area contributed by atoms with Gasteiger partial charge in [-0.25, -0.2) is 4.79 Å². The first-order valence-electron chi connectivity index (χ1n) is 7.78. The van der Waals surface area contributed by atoms with Gasteiger partial charge in [-0.1, -0.05) is 5.21 Å². The number of carboxylic acid groups (broad SMARTS) is 1. The van der Waals surface area contributed by atoms with Gasteiger partial charge in [0.1, 0.15) is 27.8 Å². The predicted octanol–water partition coefficient (Wildman–Crippen LogP) is -0.416. The Bertz CT molecular complexity index is 780. The van der Waals surface area contributed by atoms with E-state index in [1.54, 1.807) is 6.92 Å². The lowest BCUT2D eigenvalue weighted by Gasteiger charge is -2.48. The van der Waals surface area contributed by atoms with Gasteiger partial charge in [-0.2, -0.15) is 0 Å². The number of rotatable bonds is 7. The SMILES string of the molecule is CCOC(=O)Cc1nn[nH]c1SCC1=C(C(=O)O)N2C(=O)C(N)[C@H]2SC1. The third-order valence-corrected chi connectivity index (χ3v) is 6.35. The van der Waals surface area contributed by atoms with Crippen LogP contribution in [0.25, 0.3) is 0 Å². The normalized spacial score (nSPS) is 22.1. The van der Waals surface area contributed by atoms with Crippen LogP contribution in [0.15, 0.2) is 16.3 Å². The first-order valence-corrected chi connectivity index (χ1v) is 9.81. The summed E-state index contributed by atoms with van der Waals surface area (Å²) in [6, 6.07) is -0.656. The summed E-state index contributed by atoms with van der Waals surface area (Å²) >= 11 is 2.72. The molecule has 3 heterocycles. The molecule has 140 valence electrons. The van der Waals surface area contributed by atoms with Crippen LogP contribution in [0.3, 0.4) is 0 Å². The first-order chi connectivity index (χ1) is 12.4. The number of aromatic amines is 1. The van der Waals surface area contributed by atoms with Gasteiger partial charge < -0.3 is 15.6 Å². The number of hydrogen-bond donors (Lipinski definition) is 3. The topological polar surface area (TPSA) is 152 Å². The number of nitrogens with one attached hydrogen (secondary N) is 1. The molecule has 2 aliphatic heterocycles. The Morgan fingerprint density at radius 2 is 2.31 bits per heavy atom. The lowest BCUT2D eigenvalue weighted by molar-refractivity contribution is -0.147. The minimum atomic E-state index is -1.15. The van der Waals surface area contributed by atoms with E-state index in [4.69, 9.17) is 10.5 Å². The number of amides is 1. The van der Waals surface area contributed by atoms with Crippen molar-refractivity contribution in [3.8, 4) is 0 Å². The molecule has 1 amide bonds. The van der Waals surface area contributed by atoms with Gasteiger partial charge in [0.2, 0.25) is 5.91 Å². The summed E-state index contributed by atoms with van der Waals surface area (Å²) in [6.07, 6.45) is -0.0200. The molecule has 10 nitrogen and oxygen atoms in total. The second-order valence-corrected chi connectivity index (χ2v) is 7.64. The fraction of sp³-hybridized carbons (Fsp3) is 0.500. The van der Waals surface area contributed by atoms with Gasteiger partial charge in [0.25, 0.3) is 0 Å². The Balaban J connectivity index is 1.73. The van der Waals surface area contributed by atoms with Crippen molar-refractivity contribution >= 4 is 41.4 Å². The Kier molecular flexibility index (Phi) is 5.53. The minimum Gasteiger partial charge on any atom is -0.477 e. The molecule has 26 heavy (non-hydrogen) atoms. The van der Waals surface area contributed by atoms with Gasteiger partial charge in [0, 0.05) is 11.5 Å². The number of β-lactam (4-membered cyclic amide) rings is 1. The number of aromatic nitrogens is 3. The van der Waals surface area contributed by atoms with Crippen LogP contribution in [0.4, 0.5) is 0 Å². The number of aliphatic carboxylic acids is 1. The first kappa shape index (κ1) is 18.7. The van der Waals surface area contributed by atoms with Gasteiger partial charge in [0.05, 0.1) is 13.0 Å². The van der Waals surface area contributed by atoms with Crippen LogP contribution in [-0.2, 0) is 25.5 Å². The second-order valence-electron chi connectivity index (χ2n) is 5.55. The number of carbonyl (C=O) groups excluding carboxylic acids is 2. The van der Waals surface area contributed by atoms with Crippen molar-refractivity contribution in [1.29, 1.82) is 0 Å². The number of nitrogens with zero attached hydrogens (tertiary/aromatic N) is 3. The predicted molar refractivity (Wildman–Crippen MR) is 93.2 cm³/mol. The summed E-state index contributed by atoms with van der Waals surface area (Å²) in [5.74, 6) is -1.16. The fourth-order valence-corrected chi connectivity index (χ4v) is 5.04. The van der Waals surface area contributed by atoms with Gasteiger partial charge >= 0.3 is 11.9 Å². The van der Waals surface area contributed by atoms with E-state index >= 15 is 0 Å². The van der Waals surface area contributed by atoms with E-state index in [1.165, 1.54) is 28.4 Å². The molecule has 1 saturated heterocycles. The Labute approximate surface area is 156 Å². The largest absolute Gasteiger partial charge is 0.477 e. The lowest BCUT2D eigenvalue weighted by Crippen LogP contribution is -2.68. The Morgan fingerprint density at radius 1 is 1.54 bits per heavy atom. The molecule has 0 aromatic carbocycles. The third kappa shape index (κ3) is 3.44. The van der Waals surface area contributed by atoms with Crippen LogP contribution < -0.4 is 5.73 Å². The van der Waals surface area contributed by atoms with Crippen LogP contribution in [-0.4, -0.2) is 72.8 Å². The molecule has 0 spiro atoms. The smallest absolute Gasteiger partial charge is 0.352 e. The van der Waals surface area contributed by atoms with Crippen LogP contribution in [0.1, 0.15) is 12.6 Å². The number of hydrogen-bond acceptors (Lipinski definition) is 9. The van der Waals surface area contributed by atoms with Crippen molar-refractivity contribution in [2.75, 3.05) is 18.1 Å². The van der Waals surface area contributed by atoms with Gasteiger partial charge in [-0.3, -0.25) is 19.6 Å². The van der Waals surface area contributed by atoms with E-state index in [1.807, 2.05) is 0 Å². The molecular formula is C14H17N5O5S2. The molecule has 1 unspecified atom stereocenters. The van der Waals surface area contributed by atoms with E-state index in [9.17, 15) is 19.5 Å². The monoisotopic (exact) mass is 399 g/mol. The molecule has 0 saturated carbocycles. The number of nitrogens with two attached hydrogens (primary N) is 1. The van der Waals surface area contributed by atoms with E-state index in [0.717, 1.165) is 0 Å². The number of fused-ring (bicyclic) bond motifs is 1. The highest BCUT2D eigenvalue weighted by Gasteiger charge is 2.51. The zero-order valence-electron chi connectivity index (χ0n) is 13.8. The summed E-state index contributed by atoms with van der Waals surface area (Å²) < 4.78 is 4.89. The number of H-pyrrole nitrogens is 1. The average Bonchev–Trinajstić information content (AvgIpc) is 3.05. The molecular weight excluding hydrogens is 382 g/mol. The molecule has 1 fully saturated rings. The molecule has 1 aromatic heterocycles. The zero-order chi connectivity index (χ0) is 18.8. The maximum atomic E-state index is 11.9. The zero-order valence-corrected chi connectivity index (χ0v) is 15.4. The molecule has 4 N–H and O–H groups in total. The van der Waals surface area contributed by atoms with E-state index < -0.39 is 18.0 Å². The van der Waals surface area contributed by atoms with Gasteiger partial charge in [-0.15, -0.1) is 28.6 Å². The number of carboxylic acids is 1. The number of esters is 1. The van der Waals surface area contributed by atoms with E-state index in [0.29, 0.717) is 27.8 Å². The molecule has 1 aromatic rings. The highest BCUT2D eigenvalue weighted by Crippen LogP contribution is 2.40. The van der Waals surface area contributed by atoms with Gasteiger partial charge in [0.15, 0.2) is 0 Å². The number of ether oxygens (including phenoxy) is 1. The van der Waals surface area contributed by atoms with E-state index in [2.05, 4.69) is 15.4 Å². The van der Waals surface area contributed by atoms with Crippen molar-refractivity contribution in [2.45, 2.75) is 29.8 Å². The molecule has 0 aliphatic carbocycles. The van der Waals surface area contributed by atoms with Crippen molar-refractivity contribution < 1.29 is 24.2 Å². The molecule has 3 rings (SSSR count). The van der Waals surface area contributed by atoms with Crippen molar-refractivity contribution in [1.82, 2.24) is 20.3 Å². The van der Waals surface area contributed by atoms with Crippen molar-refractivity contribution in [2.24, 2.45) is 5.73 Å². The Hall–Kier alpha value is -2.05. The minimum absolute atomic E-state index is 0.00707. The quantitative estimate of drug-likeness (QED) is 0.313. The number of thioether (sulfide) groups is 2. The van der Waals surface area contributed by atoms with Crippen molar-refractivity contribution in [3.05, 3.63) is 17.0 Å². The van der Waals surface area contributed by atoms with Gasteiger partial charge in [-0.05, 0) is 12.5 Å². The summed E-state index contributed by atoms with van der Waals surface area (Å²) in [5.41, 5.74) is 6.77. The maximum absolute atomic E-state index is 11.9. The van der Waals surface area contributed by atoms with Crippen LogP contribution in [0.5, 0.6) is 0 Å². The summed E-state index contributed by atoms with van der Waals surface area (Å²) in [5, 5.41) is 20.0. The maximum Gasteiger partial charge on any atom is 0.352 e. The summed E-state index contributed by atoms with van der Waals surface area (Å²) in [4.78, 5) is 36.4. The summed E-state index contributed by atoms with van der Waals surface area (Å²) in [6.45, 7) is 1.99. The molecule has 12 heteroatoms. The van der Waals surface area contributed by atoms with Crippen LogP contribution in [0.2, 0.25) is 0 Å². The highest BCUT2D eigenvalue weighted by molar-refractivity contribution is 8.01.